The van der Waals surface area contributed by atoms with Crippen molar-refractivity contribution in [2.75, 3.05) is 0 Å². The number of benzene rings is 1. The first-order valence-corrected chi connectivity index (χ1v) is 4.97. The SMILES string of the molecule is CC(c1ccccc1F)n1cnnc1CO. The molecule has 5 heteroatoms. The van der Waals surface area contributed by atoms with Crippen LogP contribution in [0.15, 0.2) is 30.6 Å². The van der Waals surface area contributed by atoms with Gasteiger partial charge >= 0.3 is 0 Å². The molecule has 1 unspecified atom stereocenters. The molecule has 84 valence electrons. The summed E-state index contributed by atoms with van der Waals surface area (Å²) in [5, 5.41) is 16.5. The van der Waals surface area contributed by atoms with E-state index in [9.17, 15) is 4.39 Å². The van der Waals surface area contributed by atoms with Crippen LogP contribution in [0.4, 0.5) is 4.39 Å². The Hall–Kier alpha value is -1.75. The zero-order valence-electron chi connectivity index (χ0n) is 8.84. The molecule has 0 aliphatic carbocycles. The third kappa shape index (κ3) is 1.81. The summed E-state index contributed by atoms with van der Waals surface area (Å²) in [7, 11) is 0. The molecule has 0 bridgehead atoms. The smallest absolute Gasteiger partial charge is 0.159 e. The van der Waals surface area contributed by atoms with Gasteiger partial charge in [0, 0.05) is 5.56 Å². The lowest BCUT2D eigenvalue weighted by molar-refractivity contribution is 0.262. The predicted octanol–water partition coefficient (Wildman–Crippen LogP) is 1.52. The van der Waals surface area contributed by atoms with Gasteiger partial charge in [-0.05, 0) is 13.0 Å². The molecule has 4 nitrogen and oxygen atoms in total. The Bertz CT molecular complexity index is 484. The topological polar surface area (TPSA) is 50.9 Å². The van der Waals surface area contributed by atoms with Crippen LogP contribution in [0.3, 0.4) is 0 Å². The molecule has 0 aliphatic heterocycles. The summed E-state index contributed by atoms with van der Waals surface area (Å²) in [6.45, 7) is 1.62. The Morgan fingerprint density at radius 1 is 1.44 bits per heavy atom. The minimum atomic E-state index is -0.271. The van der Waals surface area contributed by atoms with Crippen molar-refractivity contribution in [1.82, 2.24) is 14.8 Å². The van der Waals surface area contributed by atoms with Gasteiger partial charge in [0.25, 0.3) is 0 Å². The van der Waals surface area contributed by atoms with E-state index < -0.39 is 0 Å². The van der Waals surface area contributed by atoms with Crippen LogP contribution in [-0.4, -0.2) is 19.9 Å². The largest absolute Gasteiger partial charge is 0.388 e. The third-order valence-electron chi connectivity index (χ3n) is 2.56. The minimum absolute atomic E-state index is 0.210. The van der Waals surface area contributed by atoms with Crippen LogP contribution in [0.2, 0.25) is 0 Å². The van der Waals surface area contributed by atoms with Crippen LogP contribution in [0.5, 0.6) is 0 Å². The molecule has 0 saturated heterocycles. The molecule has 0 radical (unpaired) electrons. The zero-order valence-corrected chi connectivity index (χ0v) is 8.84. The summed E-state index contributed by atoms with van der Waals surface area (Å²) in [5.74, 6) is 0.156. The van der Waals surface area contributed by atoms with Crippen LogP contribution in [0.25, 0.3) is 0 Å². The predicted molar refractivity (Wildman–Crippen MR) is 56.2 cm³/mol. The Morgan fingerprint density at radius 2 is 2.19 bits per heavy atom. The number of hydrogen-bond donors (Lipinski definition) is 1. The van der Waals surface area contributed by atoms with Gasteiger partial charge < -0.3 is 9.67 Å². The lowest BCUT2D eigenvalue weighted by Crippen LogP contribution is -2.11. The number of aromatic nitrogens is 3. The second-order valence-corrected chi connectivity index (χ2v) is 3.51. The fourth-order valence-corrected chi connectivity index (χ4v) is 1.67. The molecule has 0 aliphatic rings. The van der Waals surface area contributed by atoms with Gasteiger partial charge in [-0.1, -0.05) is 18.2 Å². The van der Waals surface area contributed by atoms with E-state index >= 15 is 0 Å². The molecule has 1 atom stereocenters. The summed E-state index contributed by atoms with van der Waals surface area (Å²) < 4.78 is 15.2. The third-order valence-corrected chi connectivity index (χ3v) is 2.56. The molecule has 1 aromatic carbocycles. The lowest BCUT2D eigenvalue weighted by Gasteiger charge is -2.15. The summed E-state index contributed by atoms with van der Waals surface area (Å²) in [6, 6.07) is 6.30. The van der Waals surface area contributed by atoms with E-state index in [1.54, 1.807) is 22.8 Å². The molecule has 1 N–H and O–H groups in total. The Morgan fingerprint density at radius 3 is 2.88 bits per heavy atom. The molecule has 1 heterocycles. The summed E-state index contributed by atoms with van der Waals surface area (Å²) in [4.78, 5) is 0. The quantitative estimate of drug-likeness (QED) is 0.854. The molecule has 0 spiro atoms. The van der Waals surface area contributed by atoms with Crippen molar-refractivity contribution in [1.29, 1.82) is 0 Å². The monoisotopic (exact) mass is 221 g/mol. The van der Waals surface area contributed by atoms with Gasteiger partial charge in [0.2, 0.25) is 0 Å². The fraction of sp³-hybridized carbons (Fsp3) is 0.273. The summed E-state index contributed by atoms with van der Waals surface area (Å²) >= 11 is 0. The normalized spacial score (nSPS) is 12.7. The second kappa shape index (κ2) is 4.40. The van der Waals surface area contributed by atoms with Gasteiger partial charge in [0.15, 0.2) is 5.82 Å². The molecule has 1 aromatic heterocycles. The van der Waals surface area contributed by atoms with E-state index in [0.29, 0.717) is 11.4 Å². The van der Waals surface area contributed by atoms with Crippen LogP contribution < -0.4 is 0 Å². The average Bonchev–Trinajstić information content (AvgIpc) is 2.77. The number of aliphatic hydroxyl groups is 1. The lowest BCUT2D eigenvalue weighted by atomic mass is 10.1. The highest BCUT2D eigenvalue weighted by Gasteiger charge is 2.15. The maximum atomic E-state index is 13.6. The first-order chi connectivity index (χ1) is 7.74. The van der Waals surface area contributed by atoms with E-state index in [1.165, 1.54) is 12.4 Å². The molecular formula is C11H12FN3O. The second-order valence-electron chi connectivity index (χ2n) is 3.51. The number of aliphatic hydroxyl groups excluding tert-OH is 1. The van der Waals surface area contributed by atoms with Gasteiger partial charge in [-0.25, -0.2) is 4.39 Å². The molecular weight excluding hydrogens is 209 g/mol. The average molecular weight is 221 g/mol. The number of nitrogens with zero attached hydrogens (tertiary/aromatic N) is 3. The van der Waals surface area contributed by atoms with E-state index in [-0.39, 0.29) is 18.5 Å². The number of hydrogen-bond acceptors (Lipinski definition) is 3. The minimum Gasteiger partial charge on any atom is -0.388 e. The molecule has 16 heavy (non-hydrogen) atoms. The number of halogens is 1. The van der Waals surface area contributed by atoms with E-state index in [4.69, 9.17) is 5.11 Å². The molecule has 0 saturated carbocycles. The van der Waals surface area contributed by atoms with Crippen molar-refractivity contribution in [2.45, 2.75) is 19.6 Å². The van der Waals surface area contributed by atoms with Gasteiger partial charge in [-0.15, -0.1) is 10.2 Å². The van der Waals surface area contributed by atoms with Crippen LogP contribution in [0, 0.1) is 5.82 Å². The van der Waals surface area contributed by atoms with Crippen LogP contribution >= 0.6 is 0 Å². The van der Waals surface area contributed by atoms with Gasteiger partial charge in [-0.2, -0.15) is 0 Å². The van der Waals surface area contributed by atoms with Gasteiger partial charge in [-0.3, -0.25) is 0 Å². The molecule has 0 fully saturated rings. The summed E-state index contributed by atoms with van der Waals surface area (Å²) in [5.41, 5.74) is 0.553. The standard InChI is InChI=1S/C11H12FN3O/c1-8(9-4-2-3-5-10(9)12)15-7-13-14-11(15)6-16/h2-5,7-8,16H,6H2,1H3. The fourth-order valence-electron chi connectivity index (χ4n) is 1.67. The summed E-state index contributed by atoms with van der Waals surface area (Å²) in [6.07, 6.45) is 1.49. The van der Waals surface area contributed by atoms with Crippen LogP contribution in [-0.2, 0) is 6.61 Å². The molecule has 0 amide bonds. The van der Waals surface area contributed by atoms with Crippen molar-refractivity contribution in [3.63, 3.8) is 0 Å². The molecule has 2 rings (SSSR count). The maximum Gasteiger partial charge on any atom is 0.159 e. The van der Waals surface area contributed by atoms with E-state index in [0.717, 1.165) is 0 Å². The van der Waals surface area contributed by atoms with Crippen molar-refractivity contribution < 1.29 is 9.50 Å². The highest BCUT2D eigenvalue weighted by molar-refractivity contribution is 5.21. The van der Waals surface area contributed by atoms with Gasteiger partial charge in [0.05, 0.1) is 6.04 Å². The Balaban J connectivity index is 2.39. The van der Waals surface area contributed by atoms with Crippen molar-refractivity contribution in [3.05, 3.63) is 47.8 Å². The Labute approximate surface area is 92.4 Å². The molecule has 2 aromatic rings. The first kappa shape index (κ1) is 10.8. The van der Waals surface area contributed by atoms with Crippen molar-refractivity contribution in [3.8, 4) is 0 Å². The first-order valence-electron chi connectivity index (χ1n) is 4.97. The van der Waals surface area contributed by atoms with Crippen LogP contribution in [0.1, 0.15) is 24.4 Å². The van der Waals surface area contributed by atoms with Crippen molar-refractivity contribution in [2.24, 2.45) is 0 Å². The van der Waals surface area contributed by atoms with E-state index in [2.05, 4.69) is 10.2 Å². The van der Waals surface area contributed by atoms with Crippen molar-refractivity contribution >= 4 is 0 Å². The zero-order chi connectivity index (χ0) is 11.5. The highest BCUT2D eigenvalue weighted by atomic mass is 19.1. The van der Waals surface area contributed by atoms with E-state index in [1.807, 2.05) is 6.92 Å². The van der Waals surface area contributed by atoms with Gasteiger partial charge in [0.1, 0.15) is 18.8 Å². The number of rotatable bonds is 3. The Kier molecular flexibility index (Phi) is 2.96. The maximum absolute atomic E-state index is 13.6. The highest BCUT2D eigenvalue weighted by Crippen LogP contribution is 2.21.